The topological polar surface area (TPSA) is 0 Å². The molecule has 2 aliphatic carbocycles. The molecule has 2 heteroatoms. The standard InChI is InChI=1S/C14H22F2/c1-10(11-2-6-13(15)7-3-11)12-4-8-14(16)9-5-12/h11-14H,1-9H2. The summed E-state index contributed by atoms with van der Waals surface area (Å²) in [6, 6.07) is 0. The van der Waals surface area contributed by atoms with Crippen molar-refractivity contribution in [1.82, 2.24) is 0 Å². The highest BCUT2D eigenvalue weighted by atomic mass is 19.1. The summed E-state index contributed by atoms with van der Waals surface area (Å²) in [6.45, 7) is 4.21. The van der Waals surface area contributed by atoms with Gasteiger partial charge in [-0.3, -0.25) is 0 Å². The van der Waals surface area contributed by atoms with E-state index in [0.717, 1.165) is 25.7 Å². The van der Waals surface area contributed by atoms with Gasteiger partial charge in [-0.2, -0.15) is 0 Å². The van der Waals surface area contributed by atoms with E-state index >= 15 is 0 Å². The number of rotatable bonds is 2. The normalized spacial score (nSPS) is 40.6. The SMILES string of the molecule is C=C(C1CCC(F)CC1)C1CCC(F)CC1. The summed E-state index contributed by atoms with van der Waals surface area (Å²) in [4.78, 5) is 0. The molecule has 2 rings (SSSR count). The summed E-state index contributed by atoms with van der Waals surface area (Å²) in [5.74, 6) is 1.02. The highest BCUT2D eigenvalue weighted by molar-refractivity contribution is 5.08. The van der Waals surface area contributed by atoms with E-state index in [4.69, 9.17) is 0 Å². The van der Waals surface area contributed by atoms with Crippen molar-refractivity contribution in [2.24, 2.45) is 11.8 Å². The van der Waals surface area contributed by atoms with Crippen LogP contribution in [0.5, 0.6) is 0 Å². The molecule has 0 saturated heterocycles. The average Bonchev–Trinajstić information content (AvgIpc) is 2.30. The lowest BCUT2D eigenvalue weighted by atomic mass is 9.74. The van der Waals surface area contributed by atoms with Gasteiger partial charge in [-0.25, -0.2) is 8.78 Å². The van der Waals surface area contributed by atoms with Gasteiger partial charge in [-0.05, 0) is 63.2 Å². The Morgan fingerprint density at radius 1 is 0.688 bits per heavy atom. The van der Waals surface area contributed by atoms with E-state index in [2.05, 4.69) is 6.58 Å². The molecular formula is C14H22F2. The molecule has 16 heavy (non-hydrogen) atoms. The van der Waals surface area contributed by atoms with Crippen LogP contribution in [-0.4, -0.2) is 12.3 Å². The molecule has 2 aliphatic rings. The van der Waals surface area contributed by atoms with Crippen LogP contribution in [0.2, 0.25) is 0 Å². The first-order valence-electron chi connectivity index (χ1n) is 6.63. The molecule has 0 atom stereocenters. The van der Waals surface area contributed by atoms with Gasteiger partial charge in [0.2, 0.25) is 0 Å². The fraction of sp³-hybridized carbons (Fsp3) is 0.857. The van der Waals surface area contributed by atoms with Crippen molar-refractivity contribution in [3.05, 3.63) is 12.2 Å². The molecule has 0 aromatic rings. The number of hydrogen-bond acceptors (Lipinski definition) is 0. The largest absolute Gasteiger partial charge is 0.247 e. The second kappa shape index (κ2) is 5.29. The summed E-state index contributed by atoms with van der Waals surface area (Å²) >= 11 is 0. The van der Waals surface area contributed by atoms with E-state index in [1.54, 1.807) is 0 Å². The Kier molecular flexibility index (Phi) is 3.99. The minimum absolute atomic E-state index is 0.508. The molecule has 0 aromatic heterocycles. The molecule has 0 unspecified atom stereocenters. The van der Waals surface area contributed by atoms with E-state index < -0.39 is 12.3 Å². The van der Waals surface area contributed by atoms with Crippen molar-refractivity contribution in [2.75, 3.05) is 0 Å². The molecule has 2 fully saturated rings. The lowest BCUT2D eigenvalue weighted by molar-refractivity contribution is 0.192. The minimum Gasteiger partial charge on any atom is -0.247 e. The zero-order chi connectivity index (χ0) is 11.5. The molecule has 0 aliphatic heterocycles. The molecule has 0 nitrogen and oxygen atoms in total. The van der Waals surface area contributed by atoms with E-state index in [-0.39, 0.29) is 0 Å². The van der Waals surface area contributed by atoms with Gasteiger partial charge in [-0.15, -0.1) is 0 Å². The zero-order valence-electron chi connectivity index (χ0n) is 9.93. The quantitative estimate of drug-likeness (QED) is 0.606. The van der Waals surface area contributed by atoms with Crippen LogP contribution in [0, 0.1) is 11.8 Å². The first-order valence-corrected chi connectivity index (χ1v) is 6.63. The molecule has 2 saturated carbocycles. The fourth-order valence-electron chi connectivity index (χ4n) is 3.18. The summed E-state index contributed by atoms with van der Waals surface area (Å²) in [7, 11) is 0. The number of hydrogen-bond donors (Lipinski definition) is 0. The van der Waals surface area contributed by atoms with Crippen molar-refractivity contribution in [2.45, 2.75) is 63.7 Å². The Balaban J connectivity index is 1.83. The monoisotopic (exact) mass is 228 g/mol. The van der Waals surface area contributed by atoms with Crippen molar-refractivity contribution >= 4 is 0 Å². The summed E-state index contributed by atoms with van der Waals surface area (Å²) in [6.07, 6.45) is 5.42. The van der Waals surface area contributed by atoms with Crippen molar-refractivity contribution in [3.8, 4) is 0 Å². The van der Waals surface area contributed by atoms with Crippen molar-refractivity contribution in [1.29, 1.82) is 0 Å². The van der Waals surface area contributed by atoms with Crippen LogP contribution in [0.4, 0.5) is 8.78 Å². The Bertz CT molecular complexity index is 209. The summed E-state index contributed by atoms with van der Waals surface area (Å²) in [5.41, 5.74) is 1.29. The smallest absolute Gasteiger partial charge is 0.100 e. The Morgan fingerprint density at radius 3 is 1.31 bits per heavy atom. The van der Waals surface area contributed by atoms with E-state index in [0.29, 0.717) is 37.5 Å². The third-order valence-corrected chi connectivity index (χ3v) is 4.36. The van der Waals surface area contributed by atoms with Gasteiger partial charge < -0.3 is 0 Å². The lowest BCUT2D eigenvalue weighted by Crippen LogP contribution is -2.23. The number of halogens is 2. The van der Waals surface area contributed by atoms with E-state index in [1.165, 1.54) is 5.57 Å². The molecule has 0 amide bonds. The van der Waals surface area contributed by atoms with Gasteiger partial charge in [0.15, 0.2) is 0 Å². The second-order valence-electron chi connectivity index (χ2n) is 5.47. The molecule has 92 valence electrons. The number of allylic oxidation sites excluding steroid dienone is 1. The summed E-state index contributed by atoms with van der Waals surface area (Å²) in [5, 5.41) is 0. The Morgan fingerprint density at radius 2 is 1.00 bits per heavy atom. The van der Waals surface area contributed by atoms with Crippen LogP contribution in [0.1, 0.15) is 51.4 Å². The van der Waals surface area contributed by atoms with Crippen LogP contribution in [0.3, 0.4) is 0 Å². The van der Waals surface area contributed by atoms with E-state index in [9.17, 15) is 8.78 Å². The second-order valence-corrected chi connectivity index (χ2v) is 5.47. The van der Waals surface area contributed by atoms with Gasteiger partial charge in [0.05, 0.1) is 0 Å². The molecule has 0 heterocycles. The van der Waals surface area contributed by atoms with Gasteiger partial charge in [0, 0.05) is 0 Å². The minimum atomic E-state index is -0.592. The highest BCUT2D eigenvalue weighted by Crippen LogP contribution is 2.39. The maximum atomic E-state index is 13.0. The third kappa shape index (κ3) is 2.83. The van der Waals surface area contributed by atoms with Crippen molar-refractivity contribution in [3.63, 3.8) is 0 Å². The first-order chi connectivity index (χ1) is 7.66. The molecular weight excluding hydrogens is 206 g/mol. The van der Waals surface area contributed by atoms with Crippen LogP contribution in [0.25, 0.3) is 0 Å². The third-order valence-electron chi connectivity index (χ3n) is 4.36. The van der Waals surface area contributed by atoms with Crippen LogP contribution >= 0.6 is 0 Å². The fourth-order valence-corrected chi connectivity index (χ4v) is 3.18. The predicted molar refractivity (Wildman–Crippen MR) is 62.8 cm³/mol. The molecule has 0 N–H and O–H groups in total. The van der Waals surface area contributed by atoms with Crippen LogP contribution in [0.15, 0.2) is 12.2 Å². The van der Waals surface area contributed by atoms with Gasteiger partial charge in [0.25, 0.3) is 0 Å². The molecule has 0 aromatic carbocycles. The van der Waals surface area contributed by atoms with Gasteiger partial charge in [-0.1, -0.05) is 12.2 Å². The predicted octanol–water partition coefficient (Wildman–Crippen LogP) is 4.60. The van der Waals surface area contributed by atoms with Gasteiger partial charge in [0.1, 0.15) is 12.3 Å². The van der Waals surface area contributed by atoms with Crippen molar-refractivity contribution < 1.29 is 8.78 Å². The summed E-state index contributed by atoms with van der Waals surface area (Å²) < 4.78 is 26.1. The van der Waals surface area contributed by atoms with Gasteiger partial charge >= 0.3 is 0 Å². The Labute approximate surface area is 97.1 Å². The van der Waals surface area contributed by atoms with Crippen LogP contribution < -0.4 is 0 Å². The Hall–Kier alpha value is -0.400. The first kappa shape index (κ1) is 12.1. The maximum Gasteiger partial charge on any atom is 0.100 e. The molecule has 0 bridgehead atoms. The highest BCUT2D eigenvalue weighted by Gasteiger charge is 2.29. The maximum absolute atomic E-state index is 13.0. The lowest BCUT2D eigenvalue weighted by Gasteiger charge is -2.33. The van der Waals surface area contributed by atoms with Crippen LogP contribution in [-0.2, 0) is 0 Å². The zero-order valence-corrected chi connectivity index (χ0v) is 9.93. The van der Waals surface area contributed by atoms with E-state index in [1.807, 2.05) is 0 Å². The average molecular weight is 228 g/mol. The molecule has 0 radical (unpaired) electrons. The molecule has 0 spiro atoms. The number of alkyl halides is 2.